The van der Waals surface area contributed by atoms with Crippen LogP contribution in [0.3, 0.4) is 0 Å². The maximum absolute atomic E-state index is 10.1. The molecule has 0 saturated heterocycles. The Morgan fingerprint density at radius 3 is 2.55 bits per heavy atom. The van der Waals surface area contributed by atoms with Crippen molar-refractivity contribution in [2.24, 2.45) is 0 Å². The van der Waals surface area contributed by atoms with Gasteiger partial charge in [-0.1, -0.05) is 12.2 Å². The second kappa shape index (κ2) is 5.51. The standard InChI is InChI=1S/C16H15NO2S/c18-14-7-11(5-6-13-9-17-10-20-13)8-15(19)16(14)12-3-1-2-4-12/h3,5-10,18-19H,1-2,4H2/b6-5+. The Morgan fingerprint density at radius 1 is 1.15 bits per heavy atom. The van der Waals surface area contributed by atoms with Crippen LogP contribution in [0.25, 0.3) is 17.7 Å². The van der Waals surface area contributed by atoms with Crippen LogP contribution < -0.4 is 0 Å². The maximum atomic E-state index is 10.1. The molecule has 1 aromatic heterocycles. The van der Waals surface area contributed by atoms with Crippen LogP contribution in [-0.4, -0.2) is 15.2 Å². The lowest BCUT2D eigenvalue weighted by molar-refractivity contribution is 0.447. The second-order valence-electron chi connectivity index (χ2n) is 4.79. The zero-order chi connectivity index (χ0) is 13.9. The minimum Gasteiger partial charge on any atom is -0.507 e. The summed E-state index contributed by atoms with van der Waals surface area (Å²) in [6.07, 6.45) is 10.7. The molecule has 1 aliphatic carbocycles. The van der Waals surface area contributed by atoms with Crippen molar-refractivity contribution in [2.75, 3.05) is 0 Å². The highest BCUT2D eigenvalue weighted by molar-refractivity contribution is 7.10. The van der Waals surface area contributed by atoms with E-state index in [9.17, 15) is 10.2 Å². The first-order chi connectivity index (χ1) is 9.74. The average molecular weight is 285 g/mol. The van der Waals surface area contributed by atoms with Gasteiger partial charge < -0.3 is 10.2 Å². The lowest BCUT2D eigenvalue weighted by atomic mass is 10.0. The molecule has 0 amide bonds. The quantitative estimate of drug-likeness (QED) is 0.884. The van der Waals surface area contributed by atoms with Gasteiger partial charge >= 0.3 is 0 Å². The number of thiazole rings is 1. The number of hydrogen-bond acceptors (Lipinski definition) is 4. The first kappa shape index (κ1) is 12.9. The fraction of sp³-hybridized carbons (Fsp3) is 0.188. The molecule has 2 aromatic rings. The molecule has 1 heterocycles. The van der Waals surface area contributed by atoms with Gasteiger partial charge in [-0.05, 0) is 48.6 Å². The van der Waals surface area contributed by atoms with E-state index in [0.717, 1.165) is 35.3 Å². The van der Waals surface area contributed by atoms with Crippen molar-refractivity contribution < 1.29 is 10.2 Å². The molecule has 1 aromatic carbocycles. The Morgan fingerprint density at radius 2 is 1.95 bits per heavy atom. The summed E-state index contributed by atoms with van der Waals surface area (Å²) < 4.78 is 0. The van der Waals surface area contributed by atoms with Crippen molar-refractivity contribution in [3.05, 3.63) is 45.9 Å². The van der Waals surface area contributed by atoms with E-state index in [1.807, 2.05) is 12.2 Å². The lowest BCUT2D eigenvalue weighted by Gasteiger charge is -2.09. The van der Waals surface area contributed by atoms with Gasteiger partial charge in [-0.25, -0.2) is 0 Å². The highest BCUT2D eigenvalue weighted by Crippen LogP contribution is 2.40. The Balaban J connectivity index is 1.91. The van der Waals surface area contributed by atoms with Crippen molar-refractivity contribution in [3.63, 3.8) is 0 Å². The summed E-state index contributed by atoms with van der Waals surface area (Å²) in [5.41, 5.74) is 4.16. The van der Waals surface area contributed by atoms with Crippen LogP contribution >= 0.6 is 11.3 Å². The van der Waals surface area contributed by atoms with E-state index < -0.39 is 0 Å². The number of aromatic nitrogens is 1. The molecule has 4 heteroatoms. The van der Waals surface area contributed by atoms with E-state index in [4.69, 9.17) is 0 Å². The largest absolute Gasteiger partial charge is 0.507 e. The fourth-order valence-electron chi connectivity index (χ4n) is 2.44. The zero-order valence-corrected chi connectivity index (χ0v) is 11.7. The Kier molecular flexibility index (Phi) is 3.56. The summed E-state index contributed by atoms with van der Waals surface area (Å²) >= 11 is 1.54. The van der Waals surface area contributed by atoms with Crippen LogP contribution in [0.4, 0.5) is 0 Å². The van der Waals surface area contributed by atoms with Gasteiger partial charge in [0.2, 0.25) is 0 Å². The number of hydrogen-bond donors (Lipinski definition) is 2. The third-order valence-electron chi connectivity index (χ3n) is 3.37. The molecular weight excluding hydrogens is 270 g/mol. The normalized spacial score (nSPS) is 14.9. The molecule has 3 rings (SSSR count). The van der Waals surface area contributed by atoms with Crippen molar-refractivity contribution in [1.82, 2.24) is 4.98 Å². The van der Waals surface area contributed by atoms with E-state index in [1.165, 1.54) is 0 Å². The van der Waals surface area contributed by atoms with Gasteiger partial charge in [0.05, 0.1) is 11.1 Å². The smallest absolute Gasteiger partial charge is 0.127 e. The molecule has 0 bridgehead atoms. The molecule has 102 valence electrons. The van der Waals surface area contributed by atoms with Crippen LogP contribution in [0.2, 0.25) is 0 Å². The topological polar surface area (TPSA) is 53.4 Å². The number of phenolic OH excluding ortho intramolecular Hbond substituents is 2. The number of nitrogens with zero attached hydrogens (tertiary/aromatic N) is 1. The molecule has 0 spiro atoms. The summed E-state index contributed by atoms with van der Waals surface area (Å²) in [5.74, 6) is 0.282. The average Bonchev–Trinajstić information content (AvgIpc) is 3.09. The van der Waals surface area contributed by atoms with Crippen LogP contribution in [0.5, 0.6) is 11.5 Å². The van der Waals surface area contributed by atoms with Gasteiger partial charge in [0.25, 0.3) is 0 Å². The van der Waals surface area contributed by atoms with Gasteiger partial charge in [0.15, 0.2) is 0 Å². The molecule has 2 N–H and O–H groups in total. The van der Waals surface area contributed by atoms with Crippen molar-refractivity contribution in [3.8, 4) is 11.5 Å². The van der Waals surface area contributed by atoms with Crippen molar-refractivity contribution in [1.29, 1.82) is 0 Å². The Hall–Kier alpha value is -2.07. The van der Waals surface area contributed by atoms with Gasteiger partial charge in [0, 0.05) is 11.1 Å². The third-order valence-corrected chi connectivity index (χ3v) is 4.11. The maximum Gasteiger partial charge on any atom is 0.127 e. The van der Waals surface area contributed by atoms with Crippen LogP contribution in [-0.2, 0) is 0 Å². The first-order valence-corrected chi connectivity index (χ1v) is 7.44. The molecule has 0 aliphatic heterocycles. The van der Waals surface area contributed by atoms with Crippen molar-refractivity contribution >= 4 is 29.1 Å². The molecular formula is C16H15NO2S. The van der Waals surface area contributed by atoms with Gasteiger partial charge in [-0.3, -0.25) is 4.98 Å². The number of aromatic hydroxyl groups is 2. The zero-order valence-electron chi connectivity index (χ0n) is 10.9. The summed E-state index contributed by atoms with van der Waals surface area (Å²) in [5, 5.41) is 20.3. The predicted molar refractivity (Wildman–Crippen MR) is 82.6 cm³/mol. The highest BCUT2D eigenvalue weighted by Gasteiger charge is 2.16. The molecule has 0 radical (unpaired) electrons. The fourth-order valence-corrected chi connectivity index (χ4v) is 2.95. The lowest BCUT2D eigenvalue weighted by Crippen LogP contribution is -1.86. The molecule has 20 heavy (non-hydrogen) atoms. The van der Waals surface area contributed by atoms with E-state index in [-0.39, 0.29) is 11.5 Å². The van der Waals surface area contributed by atoms with Gasteiger partial charge in [0.1, 0.15) is 11.5 Å². The minimum atomic E-state index is 0.141. The summed E-state index contributed by atoms with van der Waals surface area (Å²) in [7, 11) is 0. The first-order valence-electron chi connectivity index (χ1n) is 6.56. The number of rotatable bonds is 3. The van der Waals surface area contributed by atoms with E-state index >= 15 is 0 Å². The number of allylic oxidation sites excluding steroid dienone is 2. The molecule has 0 atom stereocenters. The van der Waals surface area contributed by atoms with Gasteiger partial charge in [-0.2, -0.15) is 0 Å². The second-order valence-corrected chi connectivity index (χ2v) is 5.71. The Labute approximate surface area is 121 Å². The van der Waals surface area contributed by atoms with E-state index in [0.29, 0.717) is 5.56 Å². The van der Waals surface area contributed by atoms with E-state index in [1.54, 1.807) is 35.2 Å². The van der Waals surface area contributed by atoms with E-state index in [2.05, 4.69) is 11.1 Å². The van der Waals surface area contributed by atoms with Crippen molar-refractivity contribution in [2.45, 2.75) is 19.3 Å². The molecule has 1 aliphatic rings. The molecule has 0 fully saturated rings. The number of phenols is 2. The molecule has 0 unspecified atom stereocenters. The van der Waals surface area contributed by atoms with Crippen LogP contribution in [0.15, 0.2) is 29.9 Å². The summed E-state index contributed by atoms with van der Waals surface area (Å²) in [4.78, 5) is 5.03. The van der Waals surface area contributed by atoms with Gasteiger partial charge in [-0.15, -0.1) is 11.3 Å². The highest BCUT2D eigenvalue weighted by atomic mass is 32.1. The predicted octanol–water partition coefficient (Wildman–Crippen LogP) is 4.29. The van der Waals surface area contributed by atoms with Crippen LogP contribution in [0.1, 0.15) is 35.3 Å². The Bertz CT molecular complexity index is 649. The number of benzene rings is 1. The molecule has 0 saturated carbocycles. The minimum absolute atomic E-state index is 0.141. The van der Waals surface area contributed by atoms with Crippen LogP contribution in [0, 0.1) is 0 Å². The summed E-state index contributed by atoms with van der Waals surface area (Å²) in [6.45, 7) is 0. The monoisotopic (exact) mass is 285 g/mol. The third kappa shape index (κ3) is 2.60. The SMILES string of the molecule is Oc1cc(/C=C/c2cncs2)cc(O)c1C1=CCCC1. The molecule has 3 nitrogen and oxygen atoms in total. The summed E-state index contributed by atoms with van der Waals surface area (Å²) in [6, 6.07) is 3.37.